The molecule has 0 saturated heterocycles. The van der Waals surface area contributed by atoms with Crippen LogP contribution in [0.2, 0.25) is 5.02 Å². The molecule has 0 aliphatic carbocycles. The SMILES string of the molecule is C=CC(=O)N(C)c1ccc(-c2cncc(Cl)c2)cc1. The number of nitrogens with zero attached hydrogens (tertiary/aromatic N) is 2. The van der Waals surface area contributed by atoms with Crippen LogP contribution in [0.1, 0.15) is 0 Å². The Balaban J connectivity index is 2.28. The topological polar surface area (TPSA) is 33.2 Å². The van der Waals surface area contributed by atoms with Crippen molar-refractivity contribution in [2.45, 2.75) is 0 Å². The van der Waals surface area contributed by atoms with Gasteiger partial charge in [-0.2, -0.15) is 0 Å². The second-order valence-corrected chi connectivity index (χ2v) is 4.48. The number of pyridine rings is 1. The van der Waals surface area contributed by atoms with E-state index < -0.39 is 0 Å². The first-order valence-corrected chi connectivity index (χ1v) is 6.10. The molecule has 0 aliphatic rings. The molecule has 0 atom stereocenters. The van der Waals surface area contributed by atoms with Crippen molar-refractivity contribution in [1.82, 2.24) is 4.98 Å². The predicted molar refractivity (Wildman–Crippen MR) is 78.3 cm³/mol. The highest BCUT2D eigenvalue weighted by atomic mass is 35.5. The maximum atomic E-state index is 11.5. The fourth-order valence-corrected chi connectivity index (χ4v) is 1.89. The number of carbonyl (C=O) groups excluding carboxylic acids is 1. The first-order chi connectivity index (χ1) is 9.11. The molecule has 0 aliphatic heterocycles. The van der Waals surface area contributed by atoms with E-state index in [2.05, 4.69) is 11.6 Å². The molecule has 0 saturated carbocycles. The second kappa shape index (κ2) is 5.67. The van der Waals surface area contributed by atoms with E-state index in [4.69, 9.17) is 11.6 Å². The summed E-state index contributed by atoms with van der Waals surface area (Å²) in [6.07, 6.45) is 4.63. The van der Waals surface area contributed by atoms with Gasteiger partial charge in [-0.3, -0.25) is 9.78 Å². The van der Waals surface area contributed by atoms with Crippen LogP contribution in [0.4, 0.5) is 5.69 Å². The summed E-state index contributed by atoms with van der Waals surface area (Å²) in [5.74, 6) is -0.142. The van der Waals surface area contributed by atoms with Crippen molar-refractivity contribution in [1.29, 1.82) is 0 Å². The van der Waals surface area contributed by atoms with E-state index in [1.54, 1.807) is 19.4 Å². The Kier molecular flexibility index (Phi) is 3.97. The second-order valence-electron chi connectivity index (χ2n) is 4.04. The smallest absolute Gasteiger partial charge is 0.250 e. The molecule has 1 aromatic carbocycles. The van der Waals surface area contributed by atoms with Crippen molar-refractivity contribution in [3.63, 3.8) is 0 Å². The van der Waals surface area contributed by atoms with Crippen molar-refractivity contribution in [3.05, 3.63) is 60.4 Å². The molecule has 0 spiro atoms. The summed E-state index contributed by atoms with van der Waals surface area (Å²) in [7, 11) is 1.71. The van der Waals surface area contributed by atoms with Crippen LogP contribution in [-0.4, -0.2) is 17.9 Å². The molecule has 2 aromatic rings. The highest BCUT2D eigenvalue weighted by molar-refractivity contribution is 6.30. The van der Waals surface area contributed by atoms with Crippen molar-refractivity contribution in [3.8, 4) is 11.1 Å². The van der Waals surface area contributed by atoms with Crippen LogP contribution in [0.15, 0.2) is 55.4 Å². The molecule has 0 fully saturated rings. The molecule has 96 valence electrons. The van der Waals surface area contributed by atoms with Gasteiger partial charge in [-0.25, -0.2) is 0 Å². The van der Waals surface area contributed by atoms with Crippen LogP contribution in [0.25, 0.3) is 11.1 Å². The van der Waals surface area contributed by atoms with Crippen LogP contribution in [0.3, 0.4) is 0 Å². The number of anilines is 1. The highest BCUT2D eigenvalue weighted by Crippen LogP contribution is 2.24. The van der Waals surface area contributed by atoms with Crippen LogP contribution in [-0.2, 0) is 4.79 Å². The van der Waals surface area contributed by atoms with Crippen molar-refractivity contribution in [2.75, 3.05) is 11.9 Å². The molecule has 0 unspecified atom stereocenters. The zero-order chi connectivity index (χ0) is 13.8. The van der Waals surface area contributed by atoms with Crippen LogP contribution in [0, 0.1) is 0 Å². The molecule has 0 N–H and O–H groups in total. The predicted octanol–water partition coefficient (Wildman–Crippen LogP) is 3.55. The number of halogens is 1. The van der Waals surface area contributed by atoms with Crippen LogP contribution < -0.4 is 4.90 Å². The molecule has 0 radical (unpaired) electrons. The van der Waals surface area contributed by atoms with Gasteiger partial charge in [0.25, 0.3) is 0 Å². The van der Waals surface area contributed by atoms with E-state index in [1.165, 1.54) is 11.0 Å². The third-order valence-electron chi connectivity index (χ3n) is 2.80. The number of amides is 1. The van der Waals surface area contributed by atoms with Gasteiger partial charge in [0.1, 0.15) is 0 Å². The lowest BCUT2D eigenvalue weighted by Crippen LogP contribution is -2.23. The lowest BCUT2D eigenvalue weighted by Gasteiger charge is -2.15. The fraction of sp³-hybridized carbons (Fsp3) is 0.0667. The Labute approximate surface area is 117 Å². The summed E-state index contributed by atoms with van der Waals surface area (Å²) < 4.78 is 0. The molecule has 1 aromatic heterocycles. The number of carbonyl (C=O) groups is 1. The van der Waals surface area contributed by atoms with Gasteiger partial charge in [-0.1, -0.05) is 30.3 Å². The molecule has 0 bridgehead atoms. The zero-order valence-electron chi connectivity index (χ0n) is 10.5. The van der Waals surface area contributed by atoms with Gasteiger partial charge in [-0.05, 0) is 29.8 Å². The van der Waals surface area contributed by atoms with Gasteiger partial charge in [0.2, 0.25) is 5.91 Å². The molecule has 1 heterocycles. The van der Waals surface area contributed by atoms with Crippen LogP contribution >= 0.6 is 11.6 Å². The average molecular weight is 273 g/mol. The lowest BCUT2D eigenvalue weighted by atomic mass is 10.1. The minimum Gasteiger partial charge on any atom is -0.312 e. The van der Waals surface area contributed by atoms with E-state index in [9.17, 15) is 4.79 Å². The summed E-state index contributed by atoms with van der Waals surface area (Å²) in [5, 5.41) is 0.598. The molecule has 1 amide bonds. The minimum atomic E-state index is -0.142. The molecule has 19 heavy (non-hydrogen) atoms. The zero-order valence-corrected chi connectivity index (χ0v) is 11.3. The molecule has 3 nitrogen and oxygen atoms in total. The Morgan fingerprint density at radius 1 is 1.26 bits per heavy atom. The molecule has 4 heteroatoms. The number of likely N-dealkylation sites (N-methyl/N-ethyl adjacent to an activating group) is 1. The average Bonchev–Trinajstić information content (AvgIpc) is 2.46. The summed E-state index contributed by atoms with van der Waals surface area (Å²) in [6.45, 7) is 3.47. The lowest BCUT2D eigenvalue weighted by molar-refractivity contribution is -0.113. The van der Waals surface area contributed by atoms with E-state index in [-0.39, 0.29) is 5.91 Å². The third kappa shape index (κ3) is 3.01. The van der Waals surface area contributed by atoms with Gasteiger partial charge in [0.05, 0.1) is 5.02 Å². The van der Waals surface area contributed by atoms with Gasteiger partial charge in [-0.15, -0.1) is 0 Å². The van der Waals surface area contributed by atoms with E-state index >= 15 is 0 Å². The quantitative estimate of drug-likeness (QED) is 0.801. The molecular weight excluding hydrogens is 260 g/mol. The Morgan fingerprint density at radius 2 is 1.95 bits per heavy atom. The Morgan fingerprint density at radius 3 is 2.53 bits per heavy atom. The Hall–Kier alpha value is -2.13. The van der Waals surface area contributed by atoms with Crippen molar-refractivity contribution < 1.29 is 4.79 Å². The molecular formula is C15H13ClN2O. The number of hydrogen-bond acceptors (Lipinski definition) is 2. The summed E-state index contributed by atoms with van der Waals surface area (Å²) in [5.41, 5.74) is 2.75. The minimum absolute atomic E-state index is 0.142. The first-order valence-electron chi connectivity index (χ1n) is 5.73. The summed E-state index contributed by atoms with van der Waals surface area (Å²) >= 11 is 5.91. The largest absolute Gasteiger partial charge is 0.312 e. The standard InChI is InChI=1S/C15H13ClN2O/c1-3-15(19)18(2)14-6-4-11(5-7-14)12-8-13(16)10-17-9-12/h3-10H,1H2,2H3. The maximum Gasteiger partial charge on any atom is 0.250 e. The van der Waals surface area contributed by atoms with Gasteiger partial charge in [0.15, 0.2) is 0 Å². The maximum absolute atomic E-state index is 11.5. The monoisotopic (exact) mass is 272 g/mol. The van der Waals surface area contributed by atoms with E-state index in [0.29, 0.717) is 5.02 Å². The van der Waals surface area contributed by atoms with Crippen molar-refractivity contribution in [2.24, 2.45) is 0 Å². The number of rotatable bonds is 3. The fourth-order valence-electron chi connectivity index (χ4n) is 1.71. The summed E-state index contributed by atoms with van der Waals surface area (Å²) in [4.78, 5) is 17.1. The number of benzene rings is 1. The summed E-state index contributed by atoms with van der Waals surface area (Å²) in [6, 6.07) is 9.45. The first kappa shape index (κ1) is 13.3. The Bertz CT molecular complexity index is 608. The van der Waals surface area contributed by atoms with Gasteiger partial charge < -0.3 is 4.90 Å². The third-order valence-corrected chi connectivity index (χ3v) is 3.00. The highest BCUT2D eigenvalue weighted by Gasteiger charge is 2.07. The van der Waals surface area contributed by atoms with Gasteiger partial charge >= 0.3 is 0 Å². The number of hydrogen-bond donors (Lipinski definition) is 0. The van der Waals surface area contributed by atoms with E-state index in [0.717, 1.165) is 16.8 Å². The molecule has 2 rings (SSSR count). The van der Waals surface area contributed by atoms with Crippen molar-refractivity contribution >= 4 is 23.2 Å². The van der Waals surface area contributed by atoms with Crippen LogP contribution in [0.5, 0.6) is 0 Å². The number of aromatic nitrogens is 1. The van der Waals surface area contributed by atoms with Gasteiger partial charge in [0, 0.05) is 30.7 Å². The van der Waals surface area contributed by atoms with E-state index in [1.807, 2.05) is 30.3 Å². The normalized spacial score (nSPS) is 10.0.